The van der Waals surface area contributed by atoms with Gasteiger partial charge in [-0.2, -0.15) is 0 Å². The summed E-state index contributed by atoms with van der Waals surface area (Å²) in [4.78, 5) is 13.6. The number of benzene rings is 2. The van der Waals surface area contributed by atoms with Gasteiger partial charge in [0, 0.05) is 11.1 Å². The summed E-state index contributed by atoms with van der Waals surface area (Å²) in [6, 6.07) is 16.2. The minimum atomic E-state index is -3.78. The maximum atomic E-state index is 13.6. The second-order valence-corrected chi connectivity index (χ2v) is 11.6. The SMILES string of the molecule is O=C(O)c1ccc(C2CC2)c(S(=O)(=O)Cc2cc(-c3ccns3)ccc2-c2cccs2)c1. The predicted molar refractivity (Wildman–Crippen MR) is 127 cm³/mol. The predicted octanol–water partition coefficient (Wildman–Crippen LogP) is 6.09. The molecular formula is C24H19NO4S3. The Balaban J connectivity index is 1.62. The van der Waals surface area contributed by atoms with Crippen LogP contribution in [0.15, 0.2) is 71.1 Å². The summed E-state index contributed by atoms with van der Waals surface area (Å²) in [6.45, 7) is 0. The standard InChI is InChI=1S/C24H19NO4S3/c26-24(27)17-6-8-20(15-3-4-15)23(13-17)32(28,29)14-18-12-16(21-9-10-25-31-21)5-7-19(18)22-2-1-11-30-22/h1-2,5-13,15H,3-4,14H2,(H,26,27). The average molecular weight is 482 g/mol. The highest BCUT2D eigenvalue weighted by atomic mass is 32.2. The summed E-state index contributed by atoms with van der Waals surface area (Å²) in [5.74, 6) is -1.14. The number of carboxylic acids is 1. The van der Waals surface area contributed by atoms with Gasteiger partial charge in [-0.15, -0.1) is 11.3 Å². The fourth-order valence-corrected chi connectivity index (χ4v) is 6.93. The number of carbonyl (C=O) groups is 1. The summed E-state index contributed by atoms with van der Waals surface area (Å²) in [5, 5.41) is 11.4. The number of aromatic carboxylic acids is 1. The number of sulfone groups is 1. The van der Waals surface area contributed by atoms with Crippen LogP contribution in [0.25, 0.3) is 20.9 Å². The van der Waals surface area contributed by atoms with Crippen LogP contribution in [-0.4, -0.2) is 23.9 Å². The minimum Gasteiger partial charge on any atom is -0.478 e. The number of aromatic nitrogens is 1. The van der Waals surface area contributed by atoms with Gasteiger partial charge in [-0.1, -0.05) is 24.3 Å². The van der Waals surface area contributed by atoms with Gasteiger partial charge in [-0.3, -0.25) is 0 Å². The molecule has 1 aliphatic rings. The highest BCUT2D eigenvalue weighted by molar-refractivity contribution is 7.90. The third-order valence-electron chi connectivity index (χ3n) is 5.57. The van der Waals surface area contributed by atoms with E-state index in [9.17, 15) is 18.3 Å². The largest absolute Gasteiger partial charge is 0.478 e. The van der Waals surface area contributed by atoms with Crippen molar-refractivity contribution in [3.8, 4) is 20.9 Å². The Labute approximate surface area is 194 Å². The van der Waals surface area contributed by atoms with Crippen molar-refractivity contribution in [2.75, 3.05) is 0 Å². The number of carboxylic acid groups (broad SMARTS) is 1. The smallest absolute Gasteiger partial charge is 0.335 e. The molecule has 2 aromatic carbocycles. The molecule has 0 amide bonds. The lowest BCUT2D eigenvalue weighted by Gasteiger charge is -2.14. The number of thiophene rings is 1. The molecule has 5 nitrogen and oxygen atoms in total. The molecule has 1 aliphatic carbocycles. The second kappa shape index (κ2) is 8.27. The van der Waals surface area contributed by atoms with E-state index in [-0.39, 0.29) is 22.1 Å². The molecule has 2 aromatic heterocycles. The zero-order valence-electron chi connectivity index (χ0n) is 16.9. The first kappa shape index (κ1) is 21.1. The van der Waals surface area contributed by atoms with Crippen LogP contribution in [0.5, 0.6) is 0 Å². The lowest BCUT2D eigenvalue weighted by Crippen LogP contribution is -2.10. The summed E-state index contributed by atoms with van der Waals surface area (Å²) in [5.41, 5.74) is 3.20. The third-order valence-corrected chi connectivity index (χ3v) is 8.99. The van der Waals surface area contributed by atoms with Gasteiger partial charge in [0.05, 0.1) is 21.1 Å². The molecule has 0 spiro atoms. The Bertz CT molecular complexity index is 1390. The van der Waals surface area contributed by atoms with E-state index in [0.717, 1.165) is 39.3 Å². The van der Waals surface area contributed by atoms with E-state index in [0.29, 0.717) is 5.56 Å². The van der Waals surface area contributed by atoms with E-state index < -0.39 is 15.8 Å². The molecular weight excluding hydrogens is 462 g/mol. The van der Waals surface area contributed by atoms with Crippen LogP contribution in [0.3, 0.4) is 0 Å². The molecule has 162 valence electrons. The average Bonchev–Trinajstić information content (AvgIpc) is 3.23. The topological polar surface area (TPSA) is 84.3 Å². The van der Waals surface area contributed by atoms with Crippen molar-refractivity contribution < 1.29 is 18.3 Å². The molecule has 0 radical (unpaired) electrons. The highest BCUT2D eigenvalue weighted by Crippen LogP contribution is 2.44. The number of rotatable bonds is 7. The first-order valence-corrected chi connectivity index (χ1v) is 13.4. The van der Waals surface area contributed by atoms with Crippen molar-refractivity contribution in [3.05, 3.63) is 82.9 Å². The summed E-state index contributed by atoms with van der Waals surface area (Å²) in [7, 11) is -3.78. The van der Waals surface area contributed by atoms with Crippen LogP contribution >= 0.6 is 22.9 Å². The van der Waals surface area contributed by atoms with Crippen LogP contribution in [0.2, 0.25) is 0 Å². The van der Waals surface area contributed by atoms with Crippen LogP contribution in [0.4, 0.5) is 0 Å². The van der Waals surface area contributed by atoms with Crippen molar-refractivity contribution in [3.63, 3.8) is 0 Å². The van der Waals surface area contributed by atoms with Gasteiger partial charge >= 0.3 is 5.97 Å². The van der Waals surface area contributed by atoms with E-state index in [2.05, 4.69) is 4.37 Å². The molecule has 1 saturated carbocycles. The molecule has 5 rings (SSSR count). The molecule has 1 fully saturated rings. The summed E-state index contributed by atoms with van der Waals surface area (Å²) in [6.07, 6.45) is 3.58. The summed E-state index contributed by atoms with van der Waals surface area (Å²) < 4.78 is 31.5. The maximum absolute atomic E-state index is 13.6. The van der Waals surface area contributed by atoms with Crippen molar-refractivity contribution in [2.45, 2.75) is 29.4 Å². The van der Waals surface area contributed by atoms with Gasteiger partial charge in [-0.25, -0.2) is 17.6 Å². The number of hydrogen-bond donors (Lipinski definition) is 1. The molecule has 32 heavy (non-hydrogen) atoms. The quantitative estimate of drug-likeness (QED) is 0.345. The molecule has 1 N–H and O–H groups in total. The molecule has 4 aromatic rings. The van der Waals surface area contributed by atoms with Gasteiger partial charge in [-0.05, 0) is 88.3 Å². The van der Waals surface area contributed by atoms with E-state index in [1.165, 1.54) is 23.7 Å². The van der Waals surface area contributed by atoms with Crippen LogP contribution in [0, 0.1) is 0 Å². The normalized spacial score (nSPS) is 13.9. The Hall–Kier alpha value is -2.81. The maximum Gasteiger partial charge on any atom is 0.335 e. The monoisotopic (exact) mass is 481 g/mol. The molecule has 0 bridgehead atoms. The first-order chi connectivity index (χ1) is 15.4. The number of nitrogens with zero attached hydrogens (tertiary/aromatic N) is 1. The van der Waals surface area contributed by atoms with Crippen molar-refractivity contribution in [1.29, 1.82) is 0 Å². The lowest BCUT2D eigenvalue weighted by atomic mass is 10.0. The van der Waals surface area contributed by atoms with Crippen LogP contribution in [0.1, 0.15) is 40.2 Å². The van der Waals surface area contributed by atoms with E-state index >= 15 is 0 Å². The first-order valence-electron chi connectivity index (χ1n) is 10.1. The zero-order valence-corrected chi connectivity index (χ0v) is 19.3. The van der Waals surface area contributed by atoms with Crippen molar-refractivity contribution in [2.24, 2.45) is 0 Å². The van der Waals surface area contributed by atoms with Gasteiger partial charge in [0.25, 0.3) is 0 Å². The molecule has 0 atom stereocenters. The summed E-state index contributed by atoms with van der Waals surface area (Å²) >= 11 is 2.92. The Kier molecular flexibility index (Phi) is 5.44. The van der Waals surface area contributed by atoms with Crippen molar-refractivity contribution >= 4 is 38.7 Å². The van der Waals surface area contributed by atoms with Gasteiger partial charge < -0.3 is 5.11 Å². The van der Waals surface area contributed by atoms with E-state index in [1.807, 2.05) is 41.8 Å². The van der Waals surface area contributed by atoms with Gasteiger partial charge in [0.1, 0.15) is 0 Å². The van der Waals surface area contributed by atoms with E-state index in [1.54, 1.807) is 23.6 Å². The molecule has 0 unspecified atom stereocenters. The Morgan fingerprint density at radius 1 is 1.06 bits per heavy atom. The Morgan fingerprint density at radius 2 is 1.91 bits per heavy atom. The van der Waals surface area contributed by atoms with Gasteiger partial charge in [0.15, 0.2) is 9.84 Å². The van der Waals surface area contributed by atoms with Crippen LogP contribution in [-0.2, 0) is 15.6 Å². The highest BCUT2D eigenvalue weighted by Gasteiger charge is 2.31. The second-order valence-electron chi connectivity index (χ2n) is 7.82. The molecule has 0 aliphatic heterocycles. The molecule has 0 saturated heterocycles. The lowest BCUT2D eigenvalue weighted by molar-refractivity contribution is 0.0696. The number of hydrogen-bond acceptors (Lipinski definition) is 6. The van der Waals surface area contributed by atoms with E-state index in [4.69, 9.17) is 0 Å². The van der Waals surface area contributed by atoms with Crippen LogP contribution < -0.4 is 0 Å². The third kappa shape index (κ3) is 4.13. The Morgan fingerprint density at radius 3 is 2.56 bits per heavy atom. The molecule has 2 heterocycles. The fraction of sp³-hybridized carbons (Fsp3) is 0.167. The zero-order chi connectivity index (χ0) is 22.3. The minimum absolute atomic E-state index is 0.00938. The van der Waals surface area contributed by atoms with Gasteiger partial charge in [0.2, 0.25) is 0 Å². The molecule has 8 heteroatoms. The fourth-order valence-electron chi connectivity index (χ4n) is 3.85. The van der Waals surface area contributed by atoms with Crippen molar-refractivity contribution in [1.82, 2.24) is 4.37 Å².